The molecule has 86 valence electrons. The van der Waals surface area contributed by atoms with Gasteiger partial charge in [0.05, 0.1) is 5.92 Å². The smallest absolute Gasteiger partial charge is 0.230 e. The lowest BCUT2D eigenvalue weighted by atomic mass is 10.0. The third-order valence-electron chi connectivity index (χ3n) is 3.00. The van der Waals surface area contributed by atoms with E-state index in [0.717, 1.165) is 18.8 Å². The van der Waals surface area contributed by atoms with Crippen molar-refractivity contribution >= 4 is 11.6 Å². The lowest BCUT2D eigenvalue weighted by molar-refractivity contribution is -0.121. The monoisotopic (exact) mass is 218 g/mol. The molecule has 1 fully saturated rings. The van der Waals surface area contributed by atoms with Crippen molar-refractivity contribution in [2.75, 3.05) is 18.4 Å². The minimum absolute atomic E-state index is 0.121. The molecule has 1 saturated heterocycles. The van der Waals surface area contributed by atoms with E-state index in [0.29, 0.717) is 5.92 Å². The van der Waals surface area contributed by atoms with E-state index in [1.165, 1.54) is 5.56 Å². The zero-order chi connectivity index (χ0) is 11.5. The predicted molar refractivity (Wildman–Crippen MR) is 65.5 cm³/mol. The Balaban J connectivity index is 1.96. The van der Waals surface area contributed by atoms with Gasteiger partial charge in [-0.15, -0.1) is 0 Å². The number of nitrogens with one attached hydrogen (secondary N) is 2. The van der Waals surface area contributed by atoms with Crippen LogP contribution in [0.4, 0.5) is 5.69 Å². The van der Waals surface area contributed by atoms with E-state index in [1.54, 1.807) is 0 Å². The molecular weight excluding hydrogens is 200 g/mol. The molecule has 0 bridgehead atoms. The van der Waals surface area contributed by atoms with E-state index in [2.05, 4.69) is 36.6 Å². The third kappa shape index (κ3) is 2.42. The second kappa shape index (κ2) is 4.66. The van der Waals surface area contributed by atoms with Crippen molar-refractivity contribution in [2.24, 2.45) is 5.92 Å². The van der Waals surface area contributed by atoms with E-state index in [-0.39, 0.29) is 11.8 Å². The van der Waals surface area contributed by atoms with Crippen LogP contribution in [0.2, 0.25) is 0 Å². The number of carbonyl (C=O) groups excluding carboxylic acids is 1. The molecule has 1 amide bonds. The number of rotatable bonds is 3. The van der Waals surface area contributed by atoms with Gasteiger partial charge in [0.2, 0.25) is 5.91 Å². The van der Waals surface area contributed by atoms with Crippen LogP contribution < -0.4 is 10.6 Å². The molecular formula is C13H18N2O. The van der Waals surface area contributed by atoms with Gasteiger partial charge in [0, 0.05) is 18.8 Å². The van der Waals surface area contributed by atoms with Gasteiger partial charge in [0.15, 0.2) is 0 Å². The molecule has 0 aromatic heterocycles. The number of amides is 1. The average Bonchev–Trinajstić information content (AvgIpc) is 2.15. The highest BCUT2D eigenvalue weighted by Crippen LogP contribution is 2.17. The number of anilines is 1. The first-order valence-corrected chi connectivity index (χ1v) is 5.78. The molecule has 3 heteroatoms. The molecule has 3 nitrogen and oxygen atoms in total. The molecule has 2 rings (SSSR count). The van der Waals surface area contributed by atoms with Gasteiger partial charge >= 0.3 is 0 Å². The number of carbonyl (C=O) groups is 1. The van der Waals surface area contributed by atoms with Crippen molar-refractivity contribution < 1.29 is 4.79 Å². The molecule has 0 aliphatic carbocycles. The minimum atomic E-state index is 0.121. The fraction of sp³-hybridized carbons (Fsp3) is 0.462. The lowest BCUT2D eigenvalue weighted by Gasteiger charge is -2.25. The van der Waals surface area contributed by atoms with Gasteiger partial charge in [-0.05, 0) is 23.6 Å². The highest BCUT2D eigenvalue weighted by Gasteiger charge is 2.24. The van der Waals surface area contributed by atoms with Crippen LogP contribution in [0.3, 0.4) is 0 Å². The van der Waals surface area contributed by atoms with Crippen molar-refractivity contribution in [3.8, 4) is 0 Å². The Kier molecular flexibility index (Phi) is 3.25. The van der Waals surface area contributed by atoms with Gasteiger partial charge in [-0.3, -0.25) is 4.79 Å². The summed E-state index contributed by atoms with van der Waals surface area (Å²) >= 11 is 0. The molecule has 0 radical (unpaired) electrons. The first-order valence-electron chi connectivity index (χ1n) is 5.78. The zero-order valence-electron chi connectivity index (χ0n) is 9.79. The molecule has 1 aliphatic rings. The van der Waals surface area contributed by atoms with Crippen molar-refractivity contribution in [3.05, 3.63) is 29.8 Å². The summed E-state index contributed by atoms with van der Waals surface area (Å²) in [5.74, 6) is 0.793. The summed E-state index contributed by atoms with van der Waals surface area (Å²) in [5.41, 5.74) is 2.18. The second-order valence-corrected chi connectivity index (χ2v) is 4.62. The Labute approximate surface area is 96.2 Å². The molecule has 16 heavy (non-hydrogen) atoms. The first kappa shape index (κ1) is 11.1. The fourth-order valence-corrected chi connectivity index (χ4v) is 1.67. The molecule has 0 unspecified atom stereocenters. The third-order valence-corrected chi connectivity index (χ3v) is 3.00. The Morgan fingerprint density at radius 2 is 1.94 bits per heavy atom. The Morgan fingerprint density at radius 3 is 2.38 bits per heavy atom. The topological polar surface area (TPSA) is 41.1 Å². The standard InChI is InChI=1S/C13H18N2O/c1-9(2)10-3-5-12(6-4-10)15-13(16)11-7-14-8-11/h3-6,9,11,14H,7-8H2,1-2H3,(H,15,16). The Morgan fingerprint density at radius 1 is 1.31 bits per heavy atom. The summed E-state index contributed by atoms with van der Waals surface area (Å²) < 4.78 is 0. The maximum absolute atomic E-state index is 11.7. The summed E-state index contributed by atoms with van der Waals surface area (Å²) in [7, 11) is 0. The van der Waals surface area contributed by atoms with Crippen LogP contribution in [0, 0.1) is 5.92 Å². The van der Waals surface area contributed by atoms with Crippen LogP contribution in [0.5, 0.6) is 0 Å². The summed E-state index contributed by atoms with van der Waals surface area (Å²) in [6.45, 7) is 5.92. The quantitative estimate of drug-likeness (QED) is 0.814. The van der Waals surface area contributed by atoms with Crippen LogP contribution in [0.15, 0.2) is 24.3 Å². The second-order valence-electron chi connectivity index (χ2n) is 4.62. The maximum Gasteiger partial charge on any atom is 0.230 e. The number of hydrogen-bond donors (Lipinski definition) is 2. The van der Waals surface area contributed by atoms with Crippen LogP contribution in [0.25, 0.3) is 0 Å². The van der Waals surface area contributed by atoms with Gasteiger partial charge in [-0.2, -0.15) is 0 Å². The summed E-state index contributed by atoms with van der Waals surface area (Å²) in [6, 6.07) is 8.08. The average molecular weight is 218 g/mol. The molecule has 0 saturated carbocycles. The summed E-state index contributed by atoms with van der Waals surface area (Å²) in [4.78, 5) is 11.7. The molecule has 0 spiro atoms. The van der Waals surface area contributed by atoms with Crippen LogP contribution in [0.1, 0.15) is 25.3 Å². The van der Waals surface area contributed by atoms with E-state index >= 15 is 0 Å². The SMILES string of the molecule is CC(C)c1ccc(NC(=O)C2CNC2)cc1. The van der Waals surface area contributed by atoms with Gasteiger partial charge < -0.3 is 10.6 Å². The van der Waals surface area contributed by atoms with Crippen LogP contribution in [-0.2, 0) is 4.79 Å². The van der Waals surface area contributed by atoms with Crippen molar-refractivity contribution in [1.29, 1.82) is 0 Å². The number of benzene rings is 1. The van der Waals surface area contributed by atoms with Crippen LogP contribution >= 0.6 is 0 Å². The van der Waals surface area contributed by atoms with E-state index in [9.17, 15) is 4.79 Å². The predicted octanol–water partition coefficient (Wildman–Crippen LogP) is 1.97. The maximum atomic E-state index is 11.7. The van der Waals surface area contributed by atoms with E-state index in [4.69, 9.17) is 0 Å². The molecule has 1 aliphatic heterocycles. The van der Waals surface area contributed by atoms with Crippen LogP contribution in [-0.4, -0.2) is 19.0 Å². The van der Waals surface area contributed by atoms with E-state index in [1.807, 2.05) is 12.1 Å². The van der Waals surface area contributed by atoms with Gasteiger partial charge in [0.25, 0.3) is 0 Å². The largest absolute Gasteiger partial charge is 0.326 e. The summed E-state index contributed by atoms with van der Waals surface area (Å²) in [5, 5.41) is 6.02. The molecule has 2 N–H and O–H groups in total. The minimum Gasteiger partial charge on any atom is -0.326 e. The van der Waals surface area contributed by atoms with Gasteiger partial charge in [-0.25, -0.2) is 0 Å². The fourth-order valence-electron chi connectivity index (χ4n) is 1.67. The Hall–Kier alpha value is -1.35. The summed E-state index contributed by atoms with van der Waals surface area (Å²) in [6.07, 6.45) is 0. The molecule has 1 aromatic rings. The normalized spacial score (nSPS) is 15.9. The zero-order valence-corrected chi connectivity index (χ0v) is 9.79. The van der Waals surface area contributed by atoms with Crippen molar-refractivity contribution in [2.45, 2.75) is 19.8 Å². The molecule has 1 heterocycles. The number of hydrogen-bond acceptors (Lipinski definition) is 2. The van der Waals surface area contributed by atoms with Crippen molar-refractivity contribution in [3.63, 3.8) is 0 Å². The highest BCUT2D eigenvalue weighted by atomic mass is 16.2. The van der Waals surface area contributed by atoms with Gasteiger partial charge in [0.1, 0.15) is 0 Å². The van der Waals surface area contributed by atoms with E-state index < -0.39 is 0 Å². The Bertz CT molecular complexity index is 366. The first-order chi connectivity index (χ1) is 7.66. The van der Waals surface area contributed by atoms with Gasteiger partial charge in [-0.1, -0.05) is 26.0 Å². The lowest BCUT2D eigenvalue weighted by Crippen LogP contribution is -2.48. The molecule has 1 aromatic carbocycles. The highest BCUT2D eigenvalue weighted by molar-refractivity contribution is 5.93. The molecule has 0 atom stereocenters. The van der Waals surface area contributed by atoms with Crippen molar-refractivity contribution in [1.82, 2.24) is 5.32 Å².